The standard InChI is InChI=1S/C11H15FN2O2/c1-3-10(13)7(2)9-5-4-8(12)6-11(9)14(15)16/h4-7,10H,3,13H2,1-2H3. The number of nitrogens with two attached hydrogens (primary N) is 1. The predicted molar refractivity (Wildman–Crippen MR) is 59.7 cm³/mol. The van der Waals surface area contributed by atoms with Crippen molar-refractivity contribution in [3.8, 4) is 0 Å². The molecule has 0 aliphatic carbocycles. The van der Waals surface area contributed by atoms with E-state index in [1.165, 1.54) is 12.1 Å². The molecule has 2 unspecified atom stereocenters. The number of rotatable bonds is 4. The Hall–Kier alpha value is -1.49. The Bertz CT molecular complexity index is 396. The summed E-state index contributed by atoms with van der Waals surface area (Å²) in [6.45, 7) is 3.73. The van der Waals surface area contributed by atoms with Gasteiger partial charge in [0.25, 0.3) is 5.69 Å². The fraction of sp³-hybridized carbons (Fsp3) is 0.455. The van der Waals surface area contributed by atoms with Crippen molar-refractivity contribution < 1.29 is 9.31 Å². The van der Waals surface area contributed by atoms with Crippen LogP contribution in [0, 0.1) is 15.9 Å². The lowest BCUT2D eigenvalue weighted by Gasteiger charge is -2.18. The van der Waals surface area contributed by atoms with E-state index in [9.17, 15) is 14.5 Å². The van der Waals surface area contributed by atoms with Gasteiger partial charge in [-0.3, -0.25) is 10.1 Å². The molecule has 0 spiro atoms. The molecule has 2 atom stereocenters. The van der Waals surface area contributed by atoms with Crippen LogP contribution in [0.5, 0.6) is 0 Å². The minimum Gasteiger partial charge on any atom is -0.327 e. The molecule has 0 saturated heterocycles. The summed E-state index contributed by atoms with van der Waals surface area (Å²) in [7, 11) is 0. The third-order valence-corrected chi connectivity index (χ3v) is 2.79. The van der Waals surface area contributed by atoms with Crippen LogP contribution in [0.4, 0.5) is 10.1 Å². The first-order chi connectivity index (χ1) is 7.47. The second-order valence-electron chi connectivity index (χ2n) is 3.82. The van der Waals surface area contributed by atoms with Gasteiger partial charge in [-0.2, -0.15) is 0 Å². The van der Waals surface area contributed by atoms with Crippen LogP contribution in [0.15, 0.2) is 18.2 Å². The van der Waals surface area contributed by atoms with Crippen LogP contribution in [0.2, 0.25) is 0 Å². The van der Waals surface area contributed by atoms with E-state index in [1.807, 2.05) is 13.8 Å². The second kappa shape index (κ2) is 5.03. The van der Waals surface area contributed by atoms with E-state index in [0.29, 0.717) is 5.56 Å². The average Bonchev–Trinajstić information content (AvgIpc) is 2.26. The van der Waals surface area contributed by atoms with E-state index in [1.54, 1.807) is 0 Å². The monoisotopic (exact) mass is 226 g/mol. The second-order valence-corrected chi connectivity index (χ2v) is 3.82. The van der Waals surface area contributed by atoms with E-state index in [2.05, 4.69) is 0 Å². The molecule has 1 aromatic carbocycles. The van der Waals surface area contributed by atoms with Crippen molar-refractivity contribution in [2.24, 2.45) is 5.73 Å². The molecule has 0 radical (unpaired) electrons. The van der Waals surface area contributed by atoms with Gasteiger partial charge < -0.3 is 5.73 Å². The number of hydrogen-bond donors (Lipinski definition) is 1. The van der Waals surface area contributed by atoms with Crippen molar-refractivity contribution in [1.82, 2.24) is 0 Å². The van der Waals surface area contributed by atoms with Gasteiger partial charge in [-0.25, -0.2) is 4.39 Å². The van der Waals surface area contributed by atoms with E-state index in [0.717, 1.165) is 12.5 Å². The average molecular weight is 226 g/mol. The number of nitro groups is 1. The zero-order valence-electron chi connectivity index (χ0n) is 9.31. The lowest BCUT2D eigenvalue weighted by atomic mass is 9.91. The minimum absolute atomic E-state index is 0.161. The summed E-state index contributed by atoms with van der Waals surface area (Å²) in [5.74, 6) is -0.765. The molecule has 0 aromatic heterocycles. The zero-order chi connectivity index (χ0) is 12.3. The van der Waals surface area contributed by atoms with Crippen LogP contribution in [-0.2, 0) is 0 Å². The van der Waals surface area contributed by atoms with Gasteiger partial charge in [0.1, 0.15) is 5.82 Å². The summed E-state index contributed by atoms with van der Waals surface area (Å²) < 4.78 is 12.9. The Kier molecular flexibility index (Phi) is 3.95. The molecule has 0 bridgehead atoms. The maximum Gasteiger partial charge on any atom is 0.275 e. The number of hydrogen-bond acceptors (Lipinski definition) is 3. The zero-order valence-corrected chi connectivity index (χ0v) is 9.31. The predicted octanol–water partition coefficient (Wildman–Crippen LogP) is 2.57. The summed E-state index contributed by atoms with van der Waals surface area (Å²) in [6, 6.07) is 3.44. The summed E-state index contributed by atoms with van der Waals surface area (Å²) >= 11 is 0. The lowest BCUT2D eigenvalue weighted by Crippen LogP contribution is -2.26. The van der Waals surface area contributed by atoms with Crippen LogP contribution in [0.1, 0.15) is 31.7 Å². The molecular formula is C11H15FN2O2. The van der Waals surface area contributed by atoms with Crippen LogP contribution in [-0.4, -0.2) is 11.0 Å². The molecule has 0 amide bonds. The quantitative estimate of drug-likeness (QED) is 0.633. The Morgan fingerprint density at radius 2 is 2.19 bits per heavy atom. The third-order valence-electron chi connectivity index (χ3n) is 2.79. The summed E-state index contributed by atoms with van der Waals surface area (Å²) in [5, 5.41) is 10.8. The topological polar surface area (TPSA) is 69.2 Å². The maximum atomic E-state index is 12.9. The van der Waals surface area contributed by atoms with Gasteiger partial charge in [0.2, 0.25) is 0 Å². The van der Waals surface area contributed by atoms with E-state index in [-0.39, 0.29) is 17.6 Å². The molecule has 0 aliphatic heterocycles. The number of benzene rings is 1. The Labute approximate surface area is 93.4 Å². The fourth-order valence-electron chi connectivity index (χ4n) is 1.64. The van der Waals surface area contributed by atoms with Gasteiger partial charge in [0.05, 0.1) is 11.0 Å². The highest BCUT2D eigenvalue weighted by Crippen LogP contribution is 2.29. The highest BCUT2D eigenvalue weighted by atomic mass is 19.1. The molecule has 0 aliphatic rings. The van der Waals surface area contributed by atoms with Gasteiger partial charge in [-0.1, -0.05) is 13.8 Å². The molecule has 4 nitrogen and oxygen atoms in total. The van der Waals surface area contributed by atoms with Crippen molar-refractivity contribution in [3.63, 3.8) is 0 Å². The highest BCUT2D eigenvalue weighted by Gasteiger charge is 2.23. The molecule has 2 N–H and O–H groups in total. The molecule has 0 heterocycles. The van der Waals surface area contributed by atoms with Crippen molar-refractivity contribution in [3.05, 3.63) is 39.7 Å². The van der Waals surface area contributed by atoms with Gasteiger partial charge in [0.15, 0.2) is 0 Å². The van der Waals surface area contributed by atoms with E-state index >= 15 is 0 Å². The number of halogens is 1. The van der Waals surface area contributed by atoms with Crippen molar-refractivity contribution in [2.45, 2.75) is 32.2 Å². The van der Waals surface area contributed by atoms with Crippen molar-refractivity contribution in [2.75, 3.05) is 0 Å². The lowest BCUT2D eigenvalue weighted by molar-refractivity contribution is -0.385. The molecule has 88 valence electrons. The first-order valence-electron chi connectivity index (χ1n) is 5.16. The molecular weight excluding hydrogens is 211 g/mol. The summed E-state index contributed by atoms with van der Waals surface area (Å²) in [6.07, 6.45) is 0.718. The van der Waals surface area contributed by atoms with Gasteiger partial charge >= 0.3 is 0 Å². The van der Waals surface area contributed by atoms with Crippen molar-refractivity contribution >= 4 is 5.69 Å². The smallest absolute Gasteiger partial charge is 0.275 e. The molecule has 1 aromatic rings. The van der Waals surface area contributed by atoms with Gasteiger partial charge in [-0.05, 0) is 18.6 Å². The SMILES string of the molecule is CCC(N)C(C)c1ccc(F)cc1[N+](=O)[O-]. The molecule has 1 rings (SSSR count). The van der Waals surface area contributed by atoms with Gasteiger partial charge in [0, 0.05) is 17.5 Å². The number of nitrogens with zero attached hydrogens (tertiary/aromatic N) is 1. The normalized spacial score (nSPS) is 14.5. The fourth-order valence-corrected chi connectivity index (χ4v) is 1.64. The largest absolute Gasteiger partial charge is 0.327 e. The molecule has 0 fully saturated rings. The van der Waals surface area contributed by atoms with Crippen LogP contribution < -0.4 is 5.73 Å². The molecule has 5 heteroatoms. The van der Waals surface area contributed by atoms with Gasteiger partial charge in [-0.15, -0.1) is 0 Å². The van der Waals surface area contributed by atoms with E-state index < -0.39 is 10.7 Å². The Morgan fingerprint density at radius 3 is 2.69 bits per heavy atom. The Balaban J connectivity index is 3.17. The van der Waals surface area contributed by atoms with Crippen molar-refractivity contribution in [1.29, 1.82) is 0 Å². The third kappa shape index (κ3) is 2.55. The van der Waals surface area contributed by atoms with E-state index in [4.69, 9.17) is 5.73 Å². The summed E-state index contributed by atoms with van der Waals surface area (Å²) in [5.41, 5.74) is 6.13. The molecule has 16 heavy (non-hydrogen) atoms. The molecule has 0 saturated carbocycles. The van der Waals surface area contributed by atoms with Crippen LogP contribution >= 0.6 is 0 Å². The highest BCUT2D eigenvalue weighted by molar-refractivity contribution is 5.43. The van der Waals surface area contributed by atoms with Crippen LogP contribution in [0.25, 0.3) is 0 Å². The first kappa shape index (κ1) is 12.6. The number of nitro benzene ring substituents is 1. The first-order valence-corrected chi connectivity index (χ1v) is 5.16. The maximum absolute atomic E-state index is 12.9. The Morgan fingerprint density at radius 1 is 1.56 bits per heavy atom. The minimum atomic E-state index is -0.604. The summed E-state index contributed by atoms with van der Waals surface area (Å²) in [4.78, 5) is 10.2. The van der Waals surface area contributed by atoms with Crippen LogP contribution in [0.3, 0.4) is 0 Å².